The van der Waals surface area contributed by atoms with Gasteiger partial charge >= 0.3 is 0 Å². The molecule has 1 aliphatic heterocycles. The van der Waals surface area contributed by atoms with Gasteiger partial charge in [-0.2, -0.15) is 0 Å². The number of methoxy groups -OCH3 is 2. The van der Waals surface area contributed by atoms with Crippen LogP contribution in [0.15, 0.2) is 66.7 Å². The van der Waals surface area contributed by atoms with Crippen LogP contribution in [0.3, 0.4) is 0 Å². The number of hydrogen-bond acceptors (Lipinski definition) is 6. The van der Waals surface area contributed by atoms with Gasteiger partial charge in [-0.1, -0.05) is 36.4 Å². The molecule has 3 aromatic rings. The highest BCUT2D eigenvalue weighted by molar-refractivity contribution is 6.04. The molecule has 0 saturated carbocycles. The number of rotatable bonds is 9. The fourth-order valence-electron chi connectivity index (χ4n) is 5.61. The van der Waals surface area contributed by atoms with E-state index in [4.69, 9.17) is 9.47 Å². The lowest BCUT2D eigenvalue weighted by Gasteiger charge is -2.43. The first kappa shape index (κ1) is 29.0. The second-order valence-corrected chi connectivity index (χ2v) is 10.3. The van der Waals surface area contributed by atoms with Gasteiger partial charge in [-0.3, -0.25) is 19.3 Å². The minimum atomic E-state index is -0.760. The normalized spacial score (nSPS) is 17.8. The first-order valence-electron chi connectivity index (χ1n) is 13.2. The zero-order chi connectivity index (χ0) is 29.0. The van der Waals surface area contributed by atoms with E-state index in [1.54, 1.807) is 81.7 Å². The first-order chi connectivity index (χ1) is 19.2. The molecule has 0 aliphatic carbocycles. The van der Waals surface area contributed by atoms with Crippen LogP contribution in [0.2, 0.25) is 0 Å². The Balaban J connectivity index is 1.91. The van der Waals surface area contributed by atoms with E-state index in [2.05, 4.69) is 0 Å². The van der Waals surface area contributed by atoms with Crippen LogP contribution in [0.5, 0.6) is 11.5 Å². The fraction of sp³-hybridized carbons (Fsp3) is 0.344. The molecule has 7 nitrogen and oxygen atoms in total. The molecule has 40 heavy (non-hydrogen) atoms. The van der Waals surface area contributed by atoms with E-state index in [0.29, 0.717) is 33.8 Å². The van der Waals surface area contributed by atoms with Crippen LogP contribution >= 0.6 is 0 Å². The van der Waals surface area contributed by atoms with Crippen molar-refractivity contribution in [1.29, 1.82) is 0 Å². The average Bonchev–Trinajstić information content (AvgIpc) is 2.97. The molecule has 0 radical (unpaired) electrons. The van der Waals surface area contributed by atoms with Gasteiger partial charge in [-0.15, -0.1) is 0 Å². The summed E-state index contributed by atoms with van der Waals surface area (Å²) < 4.78 is 25.9. The predicted molar refractivity (Wildman–Crippen MR) is 151 cm³/mol. The summed E-state index contributed by atoms with van der Waals surface area (Å²) >= 11 is 0. The van der Waals surface area contributed by atoms with Gasteiger partial charge in [-0.05, 0) is 48.4 Å². The van der Waals surface area contributed by atoms with Crippen LogP contribution in [-0.4, -0.2) is 75.2 Å². The molecule has 0 aromatic heterocycles. The Morgan fingerprint density at radius 3 is 1.80 bits per heavy atom. The topological polar surface area (TPSA) is 76.2 Å². The maximum Gasteiger partial charge on any atom is 0.236 e. The number of likely N-dealkylation sites (tertiary alicyclic amines) is 1. The number of piperidine rings is 1. The van der Waals surface area contributed by atoms with Crippen molar-refractivity contribution in [1.82, 2.24) is 9.80 Å². The van der Waals surface area contributed by atoms with Crippen LogP contribution in [0, 0.1) is 24.6 Å². The Kier molecular flexibility index (Phi) is 9.00. The van der Waals surface area contributed by atoms with Gasteiger partial charge in [-0.25, -0.2) is 4.39 Å². The highest BCUT2D eigenvalue weighted by Crippen LogP contribution is 2.43. The first-order valence-corrected chi connectivity index (χ1v) is 13.2. The molecule has 0 unspecified atom stereocenters. The molecule has 1 aliphatic rings. The van der Waals surface area contributed by atoms with Crippen molar-refractivity contribution in [2.45, 2.75) is 12.8 Å². The Bertz CT molecular complexity index is 1340. The van der Waals surface area contributed by atoms with Gasteiger partial charge < -0.3 is 14.4 Å². The zero-order valence-corrected chi connectivity index (χ0v) is 23.5. The van der Waals surface area contributed by atoms with E-state index in [-0.39, 0.29) is 37.1 Å². The molecule has 3 aromatic carbocycles. The average molecular weight is 547 g/mol. The predicted octanol–water partition coefficient (Wildman–Crippen LogP) is 4.64. The van der Waals surface area contributed by atoms with Crippen molar-refractivity contribution in [3.05, 3.63) is 94.8 Å². The smallest absolute Gasteiger partial charge is 0.236 e. The highest BCUT2D eigenvalue weighted by atomic mass is 19.1. The van der Waals surface area contributed by atoms with Gasteiger partial charge in [0.2, 0.25) is 5.91 Å². The minimum absolute atomic E-state index is 0.0350. The molecule has 4 rings (SSSR count). The molecule has 210 valence electrons. The number of ether oxygens (including phenoxy) is 2. The van der Waals surface area contributed by atoms with Crippen LogP contribution in [0.1, 0.15) is 37.8 Å². The molecule has 1 amide bonds. The van der Waals surface area contributed by atoms with Gasteiger partial charge in [0.25, 0.3) is 0 Å². The lowest BCUT2D eigenvalue weighted by atomic mass is 9.67. The van der Waals surface area contributed by atoms with Crippen molar-refractivity contribution >= 4 is 17.5 Å². The van der Waals surface area contributed by atoms with Gasteiger partial charge in [0, 0.05) is 44.9 Å². The van der Waals surface area contributed by atoms with E-state index in [1.807, 2.05) is 4.90 Å². The summed E-state index contributed by atoms with van der Waals surface area (Å²) in [7, 11) is 6.33. The van der Waals surface area contributed by atoms with Crippen LogP contribution in [-0.2, 0) is 4.79 Å². The molecule has 2 atom stereocenters. The second kappa shape index (κ2) is 12.4. The van der Waals surface area contributed by atoms with Gasteiger partial charge in [0.1, 0.15) is 17.3 Å². The number of para-hydroxylation sites is 2. The van der Waals surface area contributed by atoms with E-state index < -0.39 is 23.6 Å². The monoisotopic (exact) mass is 546 g/mol. The van der Waals surface area contributed by atoms with Crippen molar-refractivity contribution in [3.8, 4) is 11.5 Å². The SMILES string of the molecule is COc1ccccc1C(=O)[C@H]1CN(CC(=O)N(C)C)C[C@H](C(=O)c2ccccc2OC)C1c1cccc(F)c1C. The van der Waals surface area contributed by atoms with Crippen LogP contribution in [0.4, 0.5) is 4.39 Å². The molecular formula is C32H35FN2O5. The number of hydrogen-bond donors (Lipinski definition) is 0. The number of halogens is 1. The van der Waals surface area contributed by atoms with Crippen LogP contribution in [0.25, 0.3) is 0 Å². The van der Waals surface area contributed by atoms with Gasteiger partial charge in [0.05, 0.1) is 31.9 Å². The minimum Gasteiger partial charge on any atom is -0.496 e. The van der Waals surface area contributed by atoms with Crippen molar-refractivity contribution in [3.63, 3.8) is 0 Å². The Morgan fingerprint density at radius 2 is 1.32 bits per heavy atom. The quantitative estimate of drug-likeness (QED) is 0.364. The standard InChI is InChI=1S/C32H35FN2O5/c1-20-21(13-10-14-26(20)33)30-24(31(37)22-11-6-8-15-27(22)39-4)17-35(19-29(36)34(2)3)18-25(30)32(38)23-12-7-9-16-28(23)40-5/h6-16,24-25,30H,17-19H2,1-5H3/t24-,25-/m0/s1. The molecule has 0 N–H and O–H groups in total. The number of nitrogens with zero attached hydrogens (tertiary/aromatic N) is 2. The summed E-state index contributed by atoms with van der Waals surface area (Å²) in [5.41, 5.74) is 1.73. The van der Waals surface area contributed by atoms with Crippen molar-refractivity contribution in [2.75, 3.05) is 47.9 Å². The zero-order valence-electron chi connectivity index (χ0n) is 23.5. The van der Waals surface area contributed by atoms with E-state index in [1.165, 1.54) is 25.2 Å². The number of ketones is 2. The Morgan fingerprint density at radius 1 is 0.825 bits per heavy atom. The summed E-state index contributed by atoms with van der Waals surface area (Å²) in [6.45, 7) is 2.13. The number of carbonyl (C=O) groups excluding carboxylic acids is 3. The van der Waals surface area contributed by atoms with E-state index in [0.717, 1.165) is 0 Å². The Hall–Kier alpha value is -4.04. The lowest BCUT2D eigenvalue weighted by Crippen LogP contribution is -2.52. The molecule has 1 heterocycles. The maximum absolute atomic E-state index is 14.9. The fourth-order valence-corrected chi connectivity index (χ4v) is 5.61. The summed E-state index contributed by atoms with van der Waals surface area (Å²) in [5.74, 6) is -2.36. The molecule has 8 heteroatoms. The third-order valence-corrected chi connectivity index (χ3v) is 7.72. The molecule has 0 bridgehead atoms. The maximum atomic E-state index is 14.9. The van der Waals surface area contributed by atoms with E-state index in [9.17, 15) is 18.8 Å². The largest absolute Gasteiger partial charge is 0.496 e. The molecule has 1 saturated heterocycles. The summed E-state index contributed by atoms with van der Waals surface area (Å²) in [6, 6.07) is 18.6. The number of Topliss-reactive ketones (excluding diaryl/α,β-unsaturated/α-hetero) is 2. The summed E-state index contributed by atoms with van der Waals surface area (Å²) in [4.78, 5) is 44.8. The third-order valence-electron chi connectivity index (χ3n) is 7.72. The molecular weight excluding hydrogens is 511 g/mol. The lowest BCUT2D eigenvalue weighted by molar-refractivity contribution is -0.130. The van der Waals surface area contributed by atoms with Crippen molar-refractivity contribution in [2.24, 2.45) is 11.8 Å². The Labute approximate surface area is 234 Å². The number of carbonyl (C=O) groups is 3. The summed E-state index contributed by atoms with van der Waals surface area (Å²) in [6.07, 6.45) is 0. The highest BCUT2D eigenvalue weighted by Gasteiger charge is 2.46. The van der Waals surface area contributed by atoms with Crippen LogP contribution < -0.4 is 9.47 Å². The molecule has 0 spiro atoms. The number of amides is 1. The van der Waals surface area contributed by atoms with Gasteiger partial charge in [0.15, 0.2) is 11.6 Å². The third kappa shape index (κ3) is 5.77. The number of benzene rings is 3. The number of likely N-dealkylation sites (N-methyl/N-ethyl adjacent to an activating group) is 1. The summed E-state index contributed by atoms with van der Waals surface area (Å²) in [5, 5.41) is 0. The second-order valence-electron chi connectivity index (χ2n) is 10.3. The molecule has 1 fully saturated rings. The van der Waals surface area contributed by atoms with Crippen molar-refractivity contribution < 1.29 is 28.2 Å². The van der Waals surface area contributed by atoms with E-state index >= 15 is 0 Å².